The fourth-order valence-electron chi connectivity index (χ4n) is 2.58. The van der Waals surface area contributed by atoms with Crippen molar-refractivity contribution in [3.8, 4) is 22.5 Å². The highest BCUT2D eigenvalue weighted by Crippen LogP contribution is 2.36. The summed E-state index contributed by atoms with van der Waals surface area (Å²) in [7, 11) is 0. The van der Waals surface area contributed by atoms with Crippen molar-refractivity contribution in [3.05, 3.63) is 59.8 Å². The molecule has 112 valence electrons. The average Bonchev–Trinajstić information content (AvgIpc) is 2.94. The second-order valence-corrected chi connectivity index (χ2v) is 5.55. The first-order valence-corrected chi connectivity index (χ1v) is 7.49. The number of H-pyrrole nitrogens is 1. The molecule has 0 aliphatic carbocycles. The molecule has 0 atom stereocenters. The van der Waals surface area contributed by atoms with Crippen LogP contribution in [0.15, 0.2) is 48.9 Å². The lowest BCUT2D eigenvalue weighted by molar-refractivity contribution is 1.17. The third-order valence-corrected chi connectivity index (χ3v) is 3.77. The summed E-state index contributed by atoms with van der Waals surface area (Å²) < 4.78 is 0. The van der Waals surface area contributed by atoms with Gasteiger partial charge in [0.2, 0.25) is 0 Å². The zero-order valence-corrected chi connectivity index (χ0v) is 13.0. The van der Waals surface area contributed by atoms with Crippen molar-refractivity contribution in [2.75, 3.05) is 0 Å². The lowest BCUT2D eigenvalue weighted by atomic mass is 10.1. The lowest BCUT2D eigenvalue weighted by Gasteiger charge is -2.04. The molecule has 0 aliphatic heterocycles. The molecule has 0 fully saturated rings. The number of halogens is 1. The summed E-state index contributed by atoms with van der Waals surface area (Å²) in [4.78, 5) is 20.9. The van der Waals surface area contributed by atoms with Crippen LogP contribution in [0.3, 0.4) is 0 Å². The largest absolute Gasteiger partial charge is 0.337 e. The minimum atomic E-state index is 0.435. The van der Waals surface area contributed by atoms with Gasteiger partial charge >= 0.3 is 0 Å². The summed E-state index contributed by atoms with van der Waals surface area (Å²) in [5.41, 5.74) is 5.92. The summed E-state index contributed by atoms with van der Waals surface area (Å²) in [6.45, 7) is 1.91. The Kier molecular flexibility index (Phi) is 3.28. The van der Waals surface area contributed by atoms with Gasteiger partial charge < -0.3 is 4.98 Å². The zero-order valence-electron chi connectivity index (χ0n) is 12.3. The van der Waals surface area contributed by atoms with Crippen LogP contribution in [0, 0.1) is 6.92 Å². The van der Waals surface area contributed by atoms with Crippen LogP contribution in [-0.4, -0.2) is 24.9 Å². The molecule has 0 unspecified atom stereocenters. The van der Waals surface area contributed by atoms with Gasteiger partial charge in [0.1, 0.15) is 10.7 Å². The van der Waals surface area contributed by atoms with E-state index in [0.717, 1.165) is 39.4 Å². The first-order chi connectivity index (χ1) is 11.2. The highest BCUT2D eigenvalue weighted by atomic mass is 35.5. The Hall–Kier alpha value is -2.79. The molecule has 4 aromatic rings. The SMILES string of the molecule is Cc1cnc2c(-c3ccccn3)c(-c3ccnc(Cl)c3)[nH]c2n1. The fraction of sp³-hybridized carbons (Fsp3) is 0.0588. The topological polar surface area (TPSA) is 67.3 Å². The van der Waals surface area contributed by atoms with Crippen molar-refractivity contribution in [2.24, 2.45) is 0 Å². The predicted octanol–water partition coefficient (Wildman–Crippen LogP) is 4.04. The highest BCUT2D eigenvalue weighted by molar-refractivity contribution is 6.29. The molecule has 0 saturated carbocycles. The molecule has 4 heterocycles. The van der Waals surface area contributed by atoms with Crippen LogP contribution < -0.4 is 0 Å². The van der Waals surface area contributed by atoms with E-state index in [1.807, 2.05) is 37.3 Å². The zero-order chi connectivity index (χ0) is 15.8. The summed E-state index contributed by atoms with van der Waals surface area (Å²) in [6.07, 6.45) is 5.20. The maximum absolute atomic E-state index is 6.05. The van der Waals surface area contributed by atoms with Crippen molar-refractivity contribution >= 4 is 22.8 Å². The van der Waals surface area contributed by atoms with Crippen LogP contribution in [0.1, 0.15) is 5.69 Å². The van der Waals surface area contributed by atoms with Gasteiger partial charge in [-0.25, -0.2) is 9.97 Å². The Morgan fingerprint density at radius 3 is 2.74 bits per heavy atom. The molecule has 0 spiro atoms. The second kappa shape index (κ2) is 5.44. The predicted molar refractivity (Wildman–Crippen MR) is 90.1 cm³/mol. The van der Waals surface area contributed by atoms with E-state index in [2.05, 4.69) is 24.9 Å². The minimum absolute atomic E-state index is 0.435. The Bertz CT molecular complexity index is 994. The molecule has 23 heavy (non-hydrogen) atoms. The fourth-order valence-corrected chi connectivity index (χ4v) is 2.76. The Labute approximate surface area is 137 Å². The number of hydrogen-bond acceptors (Lipinski definition) is 4. The van der Waals surface area contributed by atoms with E-state index in [1.165, 1.54) is 0 Å². The lowest BCUT2D eigenvalue weighted by Crippen LogP contribution is -1.88. The maximum atomic E-state index is 6.05. The molecule has 4 rings (SSSR count). The molecule has 0 aliphatic rings. The maximum Gasteiger partial charge on any atom is 0.157 e. The molecule has 5 nitrogen and oxygen atoms in total. The van der Waals surface area contributed by atoms with Crippen molar-refractivity contribution in [2.45, 2.75) is 6.92 Å². The molecule has 4 aromatic heterocycles. The standard InChI is InChI=1S/C17H12ClN5/c1-10-9-21-16-14(12-4-2-3-6-19-12)15(23-17(16)22-10)11-5-7-20-13(18)8-11/h2-9H,1H3,(H,22,23). The molecular formula is C17H12ClN5. The van der Waals surface area contributed by atoms with Gasteiger partial charge in [-0.3, -0.25) is 9.97 Å². The van der Waals surface area contributed by atoms with Crippen LogP contribution in [0.2, 0.25) is 5.15 Å². The highest BCUT2D eigenvalue weighted by Gasteiger charge is 2.18. The molecule has 1 N–H and O–H groups in total. The summed E-state index contributed by atoms with van der Waals surface area (Å²) >= 11 is 6.05. The first-order valence-electron chi connectivity index (χ1n) is 7.11. The Balaban J connectivity index is 2.07. The van der Waals surface area contributed by atoms with Crippen molar-refractivity contribution < 1.29 is 0 Å². The van der Waals surface area contributed by atoms with E-state index in [9.17, 15) is 0 Å². The van der Waals surface area contributed by atoms with Gasteiger partial charge in [-0.1, -0.05) is 17.7 Å². The van der Waals surface area contributed by atoms with Crippen molar-refractivity contribution in [1.29, 1.82) is 0 Å². The molecule has 0 amide bonds. The number of aromatic amines is 1. The monoisotopic (exact) mass is 321 g/mol. The first kappa shape index (κ1) is 13.8. The van der Waals surface area contributed by atoms with Crippen LogP contribution in [-0.2, 0) is 0 Å². The number of fused-ring (bicyclic) bond motifs is 1. The number of aryl methyl sites for hydroxylation is 1. The minimum Gasteiger partial charge on any atom is -0.337 e. The molecule has 0 bridgehead atoms. The van der Waals surface area contributed by atoms with E-state index in [-0.39, 0.29) is 0 Å². The third kappa shape index (κ3) is 2.45. The average molecular weight is 322 g/mol. The quantitative estimate of drug-likeness (QED) is 0.566. The van der Waals surface area contributed by atoms with Gasteiger partial charge in [0.25, 0.3) is 0 Å². The molecule has 0 aromatic carbocycles. The van der Waals surface area contributed by atoms with Gasteiger partial charge in [0.05, 0.1) is 22.6 Å². The number of aromatic nitrogens is 5. The van der Waals surface area contributed by atoms with Gasteiger partial charge in [0.15, 0.2) is 5.65 Å². The smallest absolute Gasteiger partial charge is 0.157 e. The molecule has 0 radical (unpaired) electrons. The molecule has 6 heteroatoms. The van der Waals surface area contributed by atoms with Gasteiger partial charge in [-0.2, -0.15) is 0 Å². The number of pyridine rings is 2. The molecular weight excluding hydrogens is 310 g/mol. The van der Waals surface area contributed by atoms with E-state index in [1.54, 1.807) is 18.6 Å². The summed E-state index contributed by atoms with van der Waals surface area (Å²) in [5, 5.41) is 0.435. The normalized spacial score (nSPS) is 11.0. The summed E-state index contributed by atoms with van der Waals surface area (Å²) in [5.74, 6) is 0. The number of nitrogens with zero attached hydrogens (tertiary/aromatic N) is 4. The number of rotatable bonds is 2. The second-order valence-electron chi connectivity index (χ2n) is 5.17. The van der Waals surface area contributed by atoms with Gasteiger partial charge in [0, 0.05) is 24.2 Å². The van der Waals surface area contributed by atoms with Crippen molar-refractivity contribution in [1.82, 2.24) is 24.9 Å². The van der Waals surface area contributed by atoms with E-state index < -0.39 is 0 Å². The van der Waals surface area contributed by atoms with Gasteiger partial charge in [-0.15, -0.1) is 0 Å². The van der Waals surface area contributed by atoms with E-state index in [0.29, 0.717) is 5.15 Å². The number of hydrogen-bond donors (Lipinski definition) is 1. The Morgan fingerprint density at radius 1 is 1.04 bits per heavy atom. The van der Waals surface area contributed by atoms with Crippen LogP contribution >= 0.6 is 11.6 Å². The van der Waals surface area contributed by atoms with Crippen LogP contribution in [0.25, 0.3) is 33.7 Å². The molecule has 0 saturated heterocycles. The van der Waals surface area contributed by atoms with Crippen molar-refractivity contribution in [3.63, 3.8) is 0 Å². The Morgan fingerprint density at radius 2 is 1.96 bits per heavy atom. The third-order valence-electron chi connectivity index (χ3n) is 3.56. The number of nitrogens with one attached hydrogen (secondary N) is 1. The van der Waals surface area contributed by atoms with E-state index >= 15 is 0 Å². The summed E-state index contributed by atoms with van der Waals surface area (Å²) in [6, 6.07) is 9.50. The van der Waals surface area contributed by atoms with Crippen LogP contribution in [0.5, 0.6) is 0 Å². The van der Waals surface area contributed by atoms with Gasteiger partial charge in [-0.05, 0) is 31.2 Å². The van der Waals surface area contributed by atoms with Crippen LogP contribution in [0.4, 0.5) is 0 Å². The van der Waals surface area contributed by atoms with E-state index in [4.69, 9.17) is 11.6 Å².